The van der Waals surface area contributed by atoms with E-state index in [9.17, 15) is 18.0 Å². The summed E-state index contributed by atoms with van der Waals surface area (Å²) in [5.74, 6) is -3.14. The Labute approximate surface area is 115 Å². The molecule has 0 aliphatic heterocycles. The van der Waals surface area contributed by atoms with Gasteiger partial charge in [-0.3, -0.25) is 0 Å². The molecule has 0 fully saturated rings. The molecule has 0 saturated carbocycles. The number of H-pyrrole nitrogens is 1. The molecule has 0 saturated heterocycles. The second-order valence-electron chi connectivity index (χ2n) is 3.71. The number of hydrogen-bond acceptors (Lipinski definition) is 5. The van der Waals surface area contributed by atoms with Gasteiger partial charge in [-0.2, -0.15) is 13.2 Å². The molecule has 10 heteroatoms. The van der Waals surface area contributed by atoms with Crippen LogP contribution in [0.1, 0.15) is 16.1 Å². The zero-order chi connectivity index (χ0) is 16.2. The first-order valence-corrected chi connectivity index (χ1v) is 5.36. The van der Waals surface area contributed by atoms with Gasteiger partial charge in [0.05, 0.1) is 24.5 Å². The van der Waals surface area contributed by atoms with E-state index in [1.54, 1.807) is 13.0 Å². The number of carbonyl (C=O) groups excluding carboxylic acids is 1. The predicted molar refractivity (Wildman–Crippen MR) is 63.7 cm³/mol. The maximum absolute atomic E-state index is 11.4. The van der Waals surface area contributed by atoms with E-state index in [1.807, 2.05) is 0 Å². The van der Waals surface area contributed by atoms with Crippen molar-refractivity contribution in [3.8, 4) is 0 Å². The van der Waals surface area contributed by atoms with E-state index >= 15 is 0 Å². The Hall–Kier alpha value is -2.65. The molecule has 114 valence electrons. The number of halogens is 3. The number of carbonyl (C=O) groups is 2. The highest BCUT2D eigenvalue weighted by Crippen LogP contribution is 2.15. The van der Waals surface area contributed by atoms with Crippen molar-refractivity contribution < 1.29 is 32.6 Å². The van der Waals surface area contributed by atoms with E-state index in [1.165, 1.54) is 13.4 Å². The van der Waals surface area contributed by atoms with Gasteiger partial charge < -0.3 is 14.8 Å². The number of aromatic amines is 1. The third kappa shape index (κ3) is 4.16. The lowest BCUT2D eigenvalue weighted by Gasteiger charge is -2.01. The molecule has 7 nitrogen and oxygen atoms in total. The molecule has 2 rings (SSSR count). The lowest BCUT2D eigenvalue weighted by molar-refractivity contribution is -0.192. The molecule has 0 atom stereocenters. The van der Waals surface area contributed by atoms with Crippen molar-refractivity contribution in [3.63, 3.8) is 0 Å². The number of alkyl halides is 3. The van der Waals surface area contributed by atoms with Crippen LogP contribution < -0.4 is 0 Å². The van der Waals surface area contributed by atoms with E-state index in [-0.39, 0.29) is 5.97 Å². The molecule has 21 heavy (non-hydrogen) atoms. The van der Waals surface area contributed by atoms with Crippen molar-refractivity contribution >= 4 is 23.1 Å². The number of nitrogens with one attached hydrogen (secondary N) is 1. The van der Waals surface area contributed by atoms with Crippen molar-refractivity contribution in [3.05, 3.63) is 23.7 Å². The van der Waals surface area contributed by atoms with Crippen molar-refractivity contribution in [2.45, 2.75) is 13.1 Å². The van der Waals surface area contributed by atoms with Crippen LogP contribution in [0.2, 0.25) is 0 Å². The summed E-state index contributed by atoms with van der Waals surface area (Å²) >= 11 is 0. The Morgan fingerprint density at radius 2 is 1.95 bits per heavy atom. The molecule has 0 amide bonds. The summed E-state index contributed by atoms with van der Waals surface area (Å²) < 4.78 is 36.4. The van der Waals surface area contributed by atoms with Gasteiger partial charge in [0, 0.05) is 5.69 Å². The molecule has 2 aromatic rings. The zero-order valence-corrected chi connectivity index (χ0v) is 10.9. The van der Waals surface area contributed by atoms with Crippen LogP contribution >= 0.6 is 0 Å². The monoisotopic (exact) mass is 305 g/mol. The normalized spacial score (nSPS) is 10.7. The minimum absolute atomic E-state index is 0.384. The Morgan fingerprint density at radius 1 is 1.38 bits per heavy atom. The van der Waals surface area contributed by atoms with E-state index < -0.39 is 12.1 Å². The Morgan fingerprint density at radius 3 is 2.43 bits per heavy atom. The number of aliphatic carboxylic acids is 1. The van der Waals surface area contributed by atoms with Gasteiger partial charge in [0.2, 0.25) is 0 Å². The van der Waals surface area contributed by atoms with E-state index in [0.29, 0.717) is 16.7 Å². The molecule has 2 heterocycles. The third-order valence-electron chi connectivity index (χ3n) is 2.17. The van der Waals surface area contributed by atoms with Gasteiger partial charge in [-0.1, -0.05) is 0 Å². The highest BCUT2D eigenvalue weighted by molar-refractivity contribution is 6.00. The van der Waals surface area contributed by atoms with Crippen LogP contribution in [0.5, 0.6) is 0 Å². The van der Waals surface area contributed by atoms with Crippen LogP contribution in [-0.4, -0.2) is 45.3 Å². The van der Waals surface area contributed by atoms with Crippen molar-refractivity contribution in [2.24, 2.45) is 0 Å². The van der Waals surface area contributed by atoms with E-state index in [2.05, 4.69) is 19.7 Å². The number of imidazole rings is 1. The summed E-state index contributed by atoms with van der Waals surface area (Å²) in [6.07, 6.45) is -3.58. The van der Waals surface area contributed by atoms with Crippen LogP contribution in [0.4, 0.5) is 13.2 Å². The molecular weight excluding hydrogens is 295 g/mol. The Bertz CT molecular complexity index is 666. The fraction of sp³-hybridized carbons (Fsp3) is 0.273. The summed E-state index contributed by atoms with van der Waals surface area (Å²) in [5.41, 5.74) is 2.35. The van der Waals surface area contributed by atoms with Gasteiger partial charge in [0.1, 0.15) is 0 Å². The standard InChI is InChI=1S/C9H9N3O2.C2HF3O2/c1-5-3-6(9(13)14-2)7-8(12-5)11-4-10-7;3-2(4,5)1(6)7/h3-4H,1-2H3,(H,10,11,12);(H,6,7). The number of carboxylic acids is 1. The fourth-order valence-corrected chi connectivity index (χ4v) is 1.32. The van der Waals surface area contributed by atoms with Crippen LogP contribution in [0.3, 0.4) is 0 Å². The highest BCUT2D eigenvalue weighted by atomic mass is 19.4. The number of hydrogen-bond donors (Lipinski definition) is 2. The molecular formula is C11H10F3N3O4. The number of carboxylic acid groups (broad SMARTS) is 1. The largest absolute Gasteiger partial charge is 0.490 e. The van der Waals surface area contributed by atoms with E-state index in [4.69, 9.17) is 9.90 Å². The zero-order valence-electron chi connectivity index (χ0n) is 10.9. The minimum atomic E-state index is -5.08. The summed E-state index contributed by atoms with van der Waals surface area (Å²) in [6.45, 7) is 1.81. The number of fused-ring (bicyclic) bond motifs is 1. The number of ether oxygens (including phenoxy) is 1. The van der Waals surface area contributed by atoms with Crippen molar-refractivity contribution in [1.29, 1.82) is 0 Å². The third-order valence-corrected chi connectivity index (χ3v) is 2.17. The quantitative estimate of drug-likeness (QED) is 0.777. The number of esters is 1. The Kier molecular flexibility index (Phi) is 4.84. The first-order chi connectivity index (χ1) is 9.66. The van der Waals surface area contributed by atoms with Gasteiger partial charge >= 0.3 is 18.1 Å². The average Bonchev–Trinajstić information content (AvgIpc) is 2.84. The first kappa shape index (κ1) is 16.4. The van der Waals surface area contributed by atoms with Crippen molar-refractivity contribution in [2.75, 3.05) is 7.11 Å². The number of methoxy groups -OCH3 is 1. The molecule has 0 aliphatic carbocycles. The summed E-state index contributed by atoms with van der Waals surface area (Å²) in [6, 6.07) is 1.67. The van der Waals surface area contributed by atoms with Gasteiger partial charge in [-0.15, -0.1) is 0 Å². The van der Waals surface area contributed by atoms with Gasteiger partial charge in [0.25, 0.3) is 0 Å². The predicted octanol–water partition coefficient (Wildman–Crippen LogP) is 1.69. The maximum atomic E-state index is 11.4. The molecule has 2 aromatic heterocycles. The van der Waals surface area contributed by atoms with Crippen molar-refractivity contribution in [1.82, 2.24) is 15.0 Å². The highest BCUT2D eigenvalue weighted by Gasteiger charge is 2.38. The van der Waals surface area contributed by atoms with Crippen LogP contribution in [-0.2, 0) is 9.53 Å². The number of aromatic nitrogens is 3. The SMILES string of the molecule is COC(=O)c1cc(C)nc2nc[nH]c12.O=C(O)C(F)(F)F. The molecule has 0 aromatic carbocycles. The maximum Gasteiger partial charge on any atom is 0.490 e. The first-order valence-electron chi connectivity index (χ1n) is 5.36. The topological polar surface area (TPSA) is 105 Å². The number of nitrogens with zero attached hydrogens (tertiary/aromatic N) is 2. The lowest BCUT2D eigenvalue weighted by atomic mass is 10.2. The Balaban J connectivity index is 0.000000270. The fourth-order valence-electron chi connectivity index (χ4n) is 1.32. The lowest BCUT2D eigenvalue weighted by Crippen LogP contribution is -2.21. The molecule has 0 radical (unpaired) electrons. The number of pyridine rings is 1. The average molecular weight is 305 g/mol. The molecule has 0 bridgehead atoms. The molecule has 2 N–H and O–H groups in total. The molecule has 0 unspecified atom stereocenters. The summed E-state index contributed by atoms with van der Waals surface area (Å²) in [4.78, 5) is 31.3. The summed E-state index contributed by atoms with van der Waals surface area (Å²) in [5, 5.41) is 7.12. The van der Waals surface area contributed by atoms with E-state index in [0.717, 1.165) is 5.69 Å². The second-order valence-corrected chi connectivity index (χ2v) is 3.71. The van der Waals surface area contributed by atoms with Crippen LogP contribution in [0.15, 0.2) is 12.4 Å². The second kappa shape index (κ2) is 6.20. The molecule has 0 spiro atoms. The minimum Gasteiger partial charge on any atom is -0.475 e. The van der Waals surface area contributed by atoms with Crippen LogP contribution in [0, 0.1) is 6.92 Å². The van der Waals surface area contributed by atoms with Gasteiger partial charge in [0.15, 0.2) is 5.65 Å². The molecule has 0 aliphatic rings. The van der Waals surface area contributed by atoms with Gasteiger partial charge in [-0.05, 0) is 13.0 Å². The van der Waals surface area contributed by atoms with Crippen LogP contribution in [0.25, 0.3) is 11.2 Å². The summed E-state index contributed by atoms with van der Waals surface area (Å²) in [7, 11) is 1.35. The smallest absolute Gasteiger partial charge is 0.475 e. The number of rotatable bonds is 1. The van der Waals surface area contributed by atoms with Gasteiger partial charge in [-0.25, -0.2) is 19.6 Å². The number of aryl methyl sites for hydroxylation is 1.